The van der Waals surface area contributed by atoms with Gasteiger partial charge in [-0.15, -0.1) is 23.8 Å². The predicted octanol–water partition coefficient (Wildman–Crippen LogP) is 9.77. The van der Waals surface area contributed by atoms with Gasteiger partial charge in [0.1, 0.15) is 0 Å². The Morgan fingerprint density at radius 1 is 0.558 bits per heavy atom. The Morgan fingerprint density at radius 3 is 1.84 bits per heavy atom. The van der Waals surface area contributed by atoms with Crippen LogP contribution in [0.4, 0.5) is 0 Å². The van der Waals surface area contributed by atoms with Crippen molar-refractivity contribution in [2.45, 2.75) is 0 Å². The fourth-order valence-electron chi connectivity index (χ4n) is 6.08. The van der Waals surface area contributed by atoms with E-state index in [0.29, 0.717) is 0 Å². The van der Waals surface area contributed by atoms with E-state index in [9.17, 15) is 0 Å². The Balaban J connectivity index is 0.00000300. The van der Waals surface area contributed by atoms with Crippen LogP contribution in [-0.4, -0.2) is 14.1 Å². The van der Waals surface area contributed by atoms with Crippen molar-refractivity contribution in [3.05, 3.63) is 164 Å². The summed E-state index contributed by atoms with van der Waals surface area (Å²) >= 11 is 0. The Kier molecular flexibility index (Phi) is 7.08. The van der Waals surface area contributed by atoms with Gasteiger partial charge in [0.25, 0.3) is 0 Å². The zero-order chi connectivity index (χ0) is 27.9. The van der Waals surface area contributed by atoms with E-state index < -0.39 is 0 Å². The molecule has 6 aromatic carbocycles. The molecule has 0 amide bonds. The molecule has 1 radical (unpaired) electrons. The van der Waals surface area contributed by atoms with Crippen LogP contribution >= 0.6 is 0 Å². The molecule has 0 aliphatic rings. The van der Waals surface area contributed by atoms with Crippen LogP contribution in [0, 0.1) is 6.07 Å². The Bertz CT molecular complexity index is 2120. The number of imidazole rings is 1. The van der Waals surface area contributed by atoms with Crippen LogP contribution in [0.2, 0.25) is 0 Å². The van der Waals surface area contributed by atoms with Crippen LogP contribution < -0.4 is 0 Å². The monoisotopic (exact) mass is 729 g/mol. The second-order valence-corrected chi connectivity index (χ2v) is 10.4. The van der Waals surface area contributed by atoms with Gasteiger partial charge in [-0.05, 0) is 40.2 Å². The molecule has 0 saturated carbocycles. The number of fused-ring (bicyclic) bond motifs is 3. The Hall–Kier alpha value is -5.02. The quantitative estimate of drug-likeness (QED) is 0.162. The van der Waals surface area contributed by atoms with Crippen LogP contribution in [0.15, 0.2) is 158 Å². The van der Waals surface area contributed by atoms with E-state index >= 15 is 0 Å². The minimum atomic E-state index is 0. The number of rotatable bonds is 5. The number of hydrogen-bond donors (Lipinski definition) is 0. The van der Waals surface area contributed by atoms with Gasteiger partial charge in [-0.3, -0.25) is 4.98 Å². The van der Waals surface area contributed by atoms with Crippen LogP contribution in [-0.2, 0) is 20.1 Å². The third kappa shape index (κ3) is 4.62. The second-order valence-electron chi connectivity index (χ2n) is 10.4. The predicted molar refractivity (Wildman–Crippen MR) is 173 cm³/mol. The number of benzene rings is 6. The molecular weight excluding hydrogens is 703 g/mol. The van der Waals surface area contributed by atoms with Gasteiger partial charge in [0.05, 0.1) is 11.5 Å². The number of aromatic nitrogens is 3. The SMILES string of the molecule is [Ir].[c-]1cc2c(cc1-c1nccn1-c1c(-c3ccccc3)cccc1-c1ccccc1)c1ccccc1n2-c1ccccc1. The van der Waals surface area contributed by atoms with E-state index in [1.165, 1.54) is 16.3 Å². The number of nitrogens with zero attached hydrogens (tertiary/aromatic N) is 3. The van der Waals surface area contributed by atoms with Gasteiger partial charge in [-0.1, -0.05) is 121 Å². The summed E-state index contributed by atoms with van der Waals surface area (Å²) in [7, 11) is 0. The second kappa shape index (κ2) is 11.3. The van der Waals surface area contributed by atoms with E-state index in [1.807, 2.05) is 6.20 Å². The van der Waals surface area contributed by atoms with Gasteiger partial charge in [0.2, 0.25) is 0 Å². The summed E-state index contributed by atoms with van der Waals surface area (Å²) in [6.07, 6.45) is 3.95. The zero-order valence-electron chi connectivity index (χ0n) is 23.2. The molecule has 2 aromatic heterocycles. The number of hydrogen-bond acceptors (Lipinski definition) is 1. The molecule has 43 heavy (non-hydrogen) atoms. The third-order valence-electron chi connectivity index (χ3n) is 7.95. The first-order chi connectivity index (χ1) is 20.9. The van der Waals surface area contributed by atoms with Crippen molar-refractivity contribution in [2.75, 3.05) is 0 Å². The summed E-state index contributed by atoms with van der Waals surface area (Å²) in [5.74, 6) is 0.856. The normalized spacial score (nSPS) is 11.1. The molecule has 0 atom stereocenters. The van der Waals surface area contributed by atoms with Gasteiger partial charge < -0.3 is 9.13 Å². The molecule has 0 spiro atoms. The van der Waals surface area contributed by atoms with E-state index in [1.54, 1.807) is 0 Å². The van der Waals surface area contributed by atoms with Crippen molar-refractivity contribution >= 4 is 21.8 Å². The molecule has 0 aliphatic heterocycles. The molecule has 0 bridgehead atoms. The van der Waals surface area contributed by atoms with Crippen molar-refractivity contribution < 1.29 is 20.1 Å². The molecule has 0 N–H and O–H groups in total. The maximum absolute atomic E-state index is 4.91. The van der Waals surface area contributed by atoms with Crippen molar-refractivity contribution in [1.82, 2.24) is 14.1 Å². The standard InChI is InChI=1S/C39H26N3.Ir/c1-4-13-28(14-5-1)32-20-12-21-33(29-15-6-2-7-16-29)38(32)41-26-25-40-39(41)30-23-24-37-35(27-30)34-19-10-11-22-36(34)42(37)31-17-8-3-9-18-31;/h1-22,24-27H;/q-1;. The van der Waals surface area contributed by atoms with Gasteiger partial charge in [0.15, 0.2) is 0 Å². The minimum Gasteiger partial charge on any atom is -0.351 e. The molecule has 0 fully saturated rings. The van der Waals surface area contributed by atoms with Crippen molar-refractivity contribution in [2.24, 2.45) is 0 Å². The maximum atomic E-state index is 4.91. The van der Waals surface area contributed by atoms with E-state index in [0.717, 1.165) is 50.5 Å². The third-order valence-corrected chi connectivity index (χ3v) is 7.95. The topological polar surface area (TPSA) is 22.8 Å². The largest absolute Gasteiger partial charge is 0.351 e. The average molecular weight is 729 g/mol. The summed E-state index contributed by atoms with van der Waals surface area (Å²) in [4.78, 5) is 4.91. The fraction of sp³-hybridized carbons (Fsp3) is 0. The average Bonchev–Trinajstić information content (AvgIpc) is 3.68. The van der Waals surface area contributed by atoms with Crippen LogP contribution in [0.25, 0.3) is 66.8 Å². The summed E-state index contributed by atoms with van der Waals surface area (Å²) in [6.45, 7) is 0. The van der Waals surface area contributed by atoms with Crippen molar-refractivity contribution in [3.8, 4) is 45.0 Å². The molecule has 4 heteroatoms. The summed E-state index contributed by atoms with van der Waals surface area (Å²) in [6, 6.07) is 54.8. The first-order valence-corrected chi connectivity index (χ1v) is 14.1. The van der Waals surface area contributed by atoms with E-state index in [-0.39, 0.29) is 20.1 Å². The molecular formula is C39H26IrN3-. The van der Waals surface area contributed by atoms with Gasteiger partial charge >= 0.3 is 0 Å². The molecule has 0 unspecified atom stereocenters. The molecule has 3 nitrogen and oxygen atoms in total. The van der Waals surface area contributed by atoms with Gasteiger partial charge in [0, 0.05) is 54.8 Å². The summed E-state index contributed by atoms with van der Waals surface area (Å²) in [5.41, 5.74) is 10.1. The smallest absolute Gasteiger partial charge is 0.0603 e. The molecule has 0 aliphatic carbocycles. The first-order valence-electron chi connectivity index (χ1n) is 14.1. The minimum absolute atomic E-state index is 0. The molecule has 8 rings (SSSR count). The first kappa shape index (κ1) is 26.9. The van der Waals surface area contributed by atoms with Crippen molar-refractivity contribution in [1.29, 1.82) is 0 Å². The maximum Gasteiger partial charge on any atom is 0.0603 e. The Labute approximate surface area is 264 Å². The van der Waals surface area contributed by atoms with E-state index in [2.05, 4.69) is 167 Å². The van der Waals surface area contributed by atoms with Crippen LogP contribution in [0.3, 0.4) is 0 Å². The summed E-state index contributed by atoms with van der Waals surface area (Å²) in [5, 5.41) is 2.39. The van der Waals surface area contributed by atoms with Gasteiger partial charge in [-0.25, -0.2) is 0 Å². The molecule has 207 valence electrons. The Morgan fingerprint density at radius 2 is 1.16 bits per heavy atom. The molecule has 2 heterocycles. The van der Waals surface area contributed by atoms with Crippen LogP contribution in [0.5, 0.6) is 0 Å². The zero-order valence-corrected chi connectivity index (χ0v) is 25.6. The molecule has 0 saturated heterocycles. The van der Waals surface area contributed by atoms with Gasteiger partial charge in [-0.2, -0.15) is 0 Å². The van der Waals surface area contributed by atoms with Crippen LogP contribution in [0.1, 0.15) is 0 Å². The fourth-order valence-corrected chi connectivity index (χ4v) is 6.08. The van der Waals surface area contributed by atoms with Crippen molar-refractivity contribution in [3.63, 3.8) is 0 Å². The molecule has 8 aromatic rings. The number of para-hydroxylation sites is 3. The summed E-state index contributed by atoms with van der Waals surface area (Å²) < 4.78 is 4.54. The van der Waals surface area contributed by atoms with E-state index in [4.69, 9.17) is 4.98 Å².